The average Bonchev–Trinajstić information content (AvgIpc) is 3.42. The van der Waals surface area contributed by atoms with E-state index in [2.05, 4.69) is 45.6 Å². The molecule has 11 heteroatoms. The molecule has 1 atom stereocenters. The third-order valence-electron chi connectivity index (χ3n) is 7.60. The summed E-state index contributed by atoms with van der Waals surface area (Å²) in [5, 5.41) is 9.12. The van der Waals surface area contributed by atoms with Crippen molar-refractivity contribution in [3.05, 3.63) is 64.2 Å². The molecule has 0 aliphatic carbocycles. The molecular weight excluding hydrogens is 522 g/mol. The van der Waals surface area contributed by atoms with Crippen LogP contribution in [0.25, 0.3) is 0 Å². The number of benzene rings is 2. The maximum atomic E-state index is 14.1. The van der Waals surface area contributed by atoms with Gasteiger partial charge in [-0.2, -0.15) is 5.10 Å². The van der Waals surface area contributed by atoms with Crippen molar-refractivity contribution in [2.24, 2.45) is 4.99 Å². The molecule has 2 aromatic carbocycles. The number of ether oxygens (including phenoxy) is 2. The minimum absolute atomic E-state index is 0.124. The smallest absolute Gasteiger partial charge is 0.326 e. The van der Waals surface area contributed by atoms with Crippen LogP contribution < -0.4 is 14.8 Å². The van der Waals surface area contributed by atoms with Crippen molar-refractivity contribution in [1.82, 2.24) is 30.3 Å². The molecular formula is C30H37N7O4. The van der Waals surface area contributed by atoms with Crippen molar-refractivity contribution in [3.63, 3.8) is 0 Å². The first-order chi connectivity index (χ1) is 19.8. The first-order valence-electron chi connectivity index (χ1n) is 14.0. The first-order valence-corrected chi connectivity index (χ1v) is 14.0. The SMILES string of the molecule is CCOc1cc2c(cc1OC)C1CC(=Nc3c(C)cc(C)cc3C)N(CCNC(=O)c3ncn[nH]3)C(=O)N1CCC2. The van der Waals surface area contributed by atoms with Gasteiger partial charge in [0.1, 0.15) is 12.2 Å². The van der Waals surface area contributed by atoms with Gasteiger partial charge in [0.05, 0.1) is 25.4 Å². The molecule has 3 heterocycles. The molecule has 1 aromatic heterocycles. The van der Waals surface area contributed by atoms with Crippen molar-refractivity contribution < 1.29 is 19.1 Å². The van der Waals surface area contributed by atoms with E-state index in [-0.39, 0.29) is 36.9 Å². The van der Waals surface area contributed by atoms with E-state index in [1.807, 2.05) is 31.7 Å². The highest BCUT2D eigenvalue weighted by molar-refractivity contribution is 6.02. The minimum Gasteiger partial charge on any atom is -0.493 e. The van der Waals surface area contributed by atoms with Crippen molar-refractivity contribution in [3.8, 4) is 11.5 Å². The summed E-state index contributed by atoms with van der Waals surface area (Å²) in [7, 11) is 1.63. The topological polar surface area (TPSA) is 125 Å². The lowest BCUT2D eigenvalue weighted by Gasteiger charge is -2.42. The van der Waals surface area contributed by atoms with E-state index >= 15 is 0 Å². The predicted octanol–water partition coefficient (Wildman–Crippen LogP) is 4.41. The number of amides is 3. The van der Waals surface area contributed by atoms with Crippen LogP contribution in [0, 0.1) is 20.8 Å². The average molecular weight is 560 g/mol. The van der Waals surface area contributed by atoms with Crippen molar-refractivity contribution in [2.75, 3.05) is 33.4 Å². The van der Waals surface area contributed by atoms with Crippen molar-refractivity contribution >= 4 is 23.5 Å². The summed E-state index contributed by atoms with van der Waals surface area (Å²) in [5.74, 6) is 1.78. The number of aryl methyl sites for hydroxylation is 4. The zero-order valence-electron chi connectivity index (χ0n) is 24.3. The lowest BCUT2D eigenvalue weighted by atomic mass is 9.93. The molecule has 3 amide bonds. The number of aromatic nitrogens is 3. The molecule has 0 saturated carbocycles. The fourth-order valence-electron chi connectivity index (χ4n) is 5.82. The Morgan fingerprint density at radius 2 is 1.95 bits per heavy atom. The minimum atomic E-state index is -0.380. The molecule has 216 valence electrons. The van der Waals surface area contributed by atoms with Crippen LogP contribution in [-0.4, -0.2) is 76.1 Å². The van der Waals surface area contributed by atoms with E-state index in [9.17, 15) is 9.59 Å². The number of hydrogen-bond acceptors (Lipinski definition) is 7. The Bertz CT molecular complexity index is 1440. The van der Waals surface area contributed by atoms with Gasteiger partial charge in [-0.05, 0) is 74.9 Å². The van der Waals surface area contributed by atoms with Crippen LogP contribution in [0.3, 0.4) is 0 Å². The van der Waals surface area contributed by atoms with Crippen LogP contribution in [0.4, 0.5) is 10.5 Å². The van der Waals surface area contributed by atoms with Gasteiger partial charge < -0.3 is 19.7 Å². The number of carbonyl (C=O) groups is 2. The molecule has 0 radical (unpaired) electrons. The second kappa shape index (κ2) is 12.0. The second-order valence-corrected chi connectivity index (χ2v) is 10.5. The molecule has 2 N–H and O–H groups in total. The van der Waals surface area contributed by atoms with E-state index < -0.39 is 0 Å². The molecule has 11 nitrogen and oxygen atoms in total. The lowest BCUT2D eigenvalue weighted by molar-refractivity contribution is 0.0937. The Kier molecular flexibility index (Phi) is 8.23. The fraction of sp³-hybridized carbons (Fsp3) is 0.433. The first kappa shape index (κ1) is 28.1. The van der Waals surface area contributed by atoms with Gasteiger partial charge in [-0.3, -0.25) is 14.8 Å². The number of nitrogens with one attached hydrogen (secondary N) is 2. The Morgan fingerprint density at radius 3 is 2.63 bits per heavy atom. The number of H-pyrrole nitrogens is 1. The van der Waals surface area contributed by atoms with E-state index in [1.54, 1.807) is 12.0 Å². The lowest BCUT2D eigenvalue weighted by Crippen LogP contribution is -2.55. The number of aromatic amines is 1. The summed E-state index contributed by atoms with van der Waals surface area (Å²) < 4.78 is 11.5. The molecule has 0 spiro atoms. The molecule has 2 aliphatic rings. The summed E-state index contributed by atoms with van der Waals surface area (Å²) in [4.78, 5) is 39.3. The third kappa shape index (κ3) is 5.75. The summed E-state index contributed by atoms with van der Waals surface area (Å²) in [6, 6.07) is 7.96. The van der Waals surface area contributed by atoms with Gasteiger partial charge >= 0.3 is 6.03 Å². The zero-order valence-corrected chi connectivity index (χ0v) is 24.3. The number of nitrogens with zero attached hydrogens (tertiary/aromatic N) is 5. The number of aliphatic imine (C=N–C) groups is 1. The van der Waals surface area contributed by atoms with Gasteiger partial charge in [0.15, 0.2) is 11.5 Å². The monoisotopic (exact) mass is 559 g/mol. The number of amidine groups is 1. The maximum absolute atomic E-state index is 14.1. The number of carbonyl (C=O) groups excluding carboxylic acids is 2. The molecule has 1 unspecified atom stereocenters. The quantitative estimate of drug-likeness (QED) is 0.421. The molecule has 1 fully saturated rings. The highest BCUT2D eigenvalue weighted by atomic mass is 16.5. The molecule has 0 bridgehead atoms. The Labute approximate surface area is 240 Å². The van der Waals surface area contributed by atoms with Gasteiger partial charge in [0.2, 0.25) is 5.82 Å². The third-order valence-corrected chi connectivity index (χ3v) is 7.60. The highest BCUT2D eigenvalue weighted by Gasteiger charge is 2.40. The van der Waals surface area contributed by atoms with Gasteiger partial charge in [0, 0.05) is 26.1 Å². The molecule has 41 heavy (non-hydrogen) atoms. The number of methoxy groups -OCH3 is 1. The van der Waals surface area contributed by atoms with Gasteiger partial charge in [-0.15, -0.1) is 0 Å². The van der Waals surface area contributed by atoms with E-state index in [4.69, 9.17) is 14.5 Å². The summed E-state index contributed by atoms with van der Waals surface area (Å²) in [6.07, 6.45) is 3.46. The molecule has 5 rings (SSSR count). The predicted molar refractivity (Wildman–Crippen MR) is 155 cm³/mol. The van der Waals surface area contributed by atoms with Crippen LogP contribution in [-0.2, 0) is 6.42 Å². The van der Waals surface area contributed by atoms with Gasteiger partial charge in [0.25, 0.3) is 5.91 Å². The van der Waals surface area contributed by atoms with Crippen LogP contribution in [0.2, 0.25) is 0 Å². The Morgan fingerprint density at radius 1 is 1.17 bits per heavy atom. The molecule has 2 aliphatic heterocycles. The number of hydrogen-bond donors (Lipinski definition) is 2. The van der Waals surface area contributed by atoms with Crippen molar-refractivity contribution in [2.45, 2.75) is 53.0 Å². The largest absolute Gasteiger partial charge is 0.493 e. The number of rotatable bonds is 8. The summed E-state index contributed by atoms with van der Waals surface area (Å²) >= 11 is 0. The number of fused-ring (bicyclic) bond motifs is 3. The molecule has 1 saturated heterocycles. The Balaban J connectivity index is 1.52. The summed E-state index contributed by atoms with van der Waals surface area (Å²) in [6.45, 7) is 9.75. The van der Waals surface area contributed by atoms with Crippen molar-refractivity contribution in [1.29, 1.82) is 0 Å². The number of urea groups is 1. The molecule has 3 aromatic rings. The normalized spacial score (nSPS) is 17.6. The maximum Gasteiger partial charge on any atom is 0.326 e. The highest BCUT2D eigenvalue weighted by Crippen LogP contribution is 2.42. The van der Waals surface area contributed by atoms with Gasteiger partial charge in [-0.1, -0.05) is 17.7 Å². The standard InChI is InChI=1S/C30H37N7O4/c1-6-41-25-14-21-8-7-10-36-23(22(21)15-24(25)40-5)16-26(34-27-19(3)12-18(2)13-20(27)4)37(30(36)39)11-9-31-29(38)28-32-17-33-35-28/h12-15,17,23H,6-11,16H2,1-5H3,(H,31,38)(H,32,33,35). The summed E-state index contributed by atoms with van der Waals surface area (Å²) in [5.41, 5.74) is 6.33. The van der Waals surface area contributed by atoms with Crippen LogP contribution >= 0.6 is 0 Å². The van der Waals surface area contributed by atoms with E-state index in [0.29, 0.717) is 36.9 Å². The van der Waals surface area contributed by atoms with Crippen LogP contribution in [0.1, 0.15) is 64.2 Å². The van der Waals surface area contributed by atoms with E-state index in [0.717, 1.165) is 46.3 Å². The van der Waals surface area contributed by atoms with Crippen LogP contribution in [0.15, 0.2) is 35.6 Å². The van der Waals surface area contributed by atoms with Crippen LogP contribution in [0.5, 0.6) is 11.5 Å². The second-order valence-electron chi connectivity index (χ2n) is 10.5. The Hall–Kier alpha value is -4.41. The van der Waals surface area contributed by atoms with Gasteiger partial charge in [-0.25, -0.2) is 14.8 Å². The fourth-order valence-corrected chi connectivity index (χ4v) is 5.82. The zero-order chi connectivity index (χ0) is 29.1. The van der Waals surface area contributed by atoms with E-state index in [1.165, 1.54) is 6.33 Å².